The smallest absolute Gasteiger partial charge is 0.442 e. The van der Waals surface area contributed by atoms with Crippen molar-refractivity contribution >= 4 is 28.3 Å². The molecule has 156 valence electrons. The number of esters is 1. The van der Waals surface area contributed by atoms with Crippen LogP contribution in [0, 0.1) is 5.82 Å². The molecule has 1 aromatic heterocycles. The van der Waals surface area contributed by atoms with Crippen LogP contribution in [0.25, 0.3) is 0 Å². The molecule has 0 saturated carbocycles. The molecule has 11 heteroatoms. The number of aryl methyl sites for hydroxylation is 2. The summed E-state index contributed by atoms with van der Waals surface area (Å²) >= 11 is 0.990. The van der Waals surface area contributed by atoms with Crippen LogP contribution in [-0.4, -0.2) is 35.8 Å². The van der Waals surface area contributed by atoms with Gasteiger partial charge in [-0.3, -0.25) is 4.79 Å². The molecule has 1 aliphatic carbocycles. The van der Waals surface area contributed by atoms with Crippen LogP contribution in [-0.2, 0) is 22.4 Å². The van der Waals surface area contributed by atoms with Crippen molar-refractivity contribution in [2.75, 3.05) is 12.4 Å². The number of methoxy groups -OCH3 is 1. The van der Waals surface area contributed by atoms with Gasteiger partial charge in [0.2, 0.25) is 0 Å². The Hall–Kier alpha value is -2.69. The summed E-state index contributed by atoms with van der Waals surface area (Å²) in [6.45, 7) is 0. The molecule has 0 aliphatic heterocycles. The normalized spacial score (nSPS) is 15.8. The van der Waals surface area contributed by atoms with Crippen molar-refractivity contribution in [2.45, 2.75) is 37.5 Å². The predicted octanol–water partition coefficient (Wildman–Crippen LogP) is 3.43. The number of thiazole rings is 1. The number of amides is 1. The number of halogens is 4. The number of alkyl halides is 3. The van der Waals surface area contributed by atoms with Crippen molar-refractivity contribution in [3.8, 4) is 0 Å². The lowest BCUT2D eigenvalue weighted by Crippen LogP contribution is -2.69. The third-order valence-electron chi connectivity index (χ3n) is 4.44. The van der Waals surface area contributed by atoms with Crippen LogP contribution in [0.15, 0.2) is 24.3 Å². The van der Waals surface area contributed by atoms with Crippen molar-refractivity contribution < 1.29 is 31.9 Å². The van der Waals surface area contributed by atoms with E-state index in [4.69, 9.17) is 0 Å². The highest BCUT2D eigenvalue weighted by atomic mass is 32.1. The minimum atomic E-state index is -5.28. The first kappa shape index (κ1) is 21.0. The number of carbonyl (C=O) groups is 2. The van der Waals surface area contributed by atoms with Crippen LogP contribution in [0.5, 0.6) is 0 Å². The minimum Gasteiger partial charge on any atom is -0.466 e. The summed E-state index contributed by atoms with van der Waals surface area (Å²) in [6, 6.07) is 4.08. The van der Waals surface area contributed by atoms with Crippen LogP contribution < -0.4 is 10.6 Å². The van der Waals surface area contributed by atoms with E-state index in [9.17, 15) is 27.2 Å². The van der Waals surface area contributed by atoms with E-state index in [0.717, 1.165) is 54.4 Å². The van der Waals surface area contributed by atoms with Gasteiger partial charge in [0.15, 0.2) is 5.13 Å². The quantitative estimate of drug-likeness (QED) is 0.431. The molecule has 0 spiro atoms. The van der Waals surface area contributed by atoms with E-state index in [0.29, 0.717) is 18.5 Å². The molecule has 2 aromatic rings. The van der Waals surface area contributed by atoms with E-state index >= 15 is 0 Å². The molecule has 0 bridgehead atoms. The molecule has 0 radical (unpaired) electrons. The van der Waals surface area contributed by atoms with Crippen molar-refractivity contribution in [1.29, 1.82) is 0 Å². The van der Waals surface area contributed by atoms with Crippen LogP contribution in [0.4, 0.5) is 22.7 Å². The summed E-state index contributed by atoms with van der Waals surface area (Å²) in [4.78, 5) is 29.6. The molecule has 1 atom stereocenters. The second-order valence-corrected chi connectivity index (χ2v) is 7.51. The van der Waals surface area contributed by atoms with Crippen molar-refractivity contribution in [3.05, 3.63) is 46.2 Å². The third-order valence-corrected chi connectivity index (χ3v) is 5.52. The van der Waals surface area contributed by atoms with Gasteiger partial charge in [-0.1, -0.05) is 6.07 Å². The average molecular weight is 431 g/mol. The lowest BCUT2D eigenvalue weighted by atomic mass is 10.0. The van der Waals surface area contributed by atoms with Gasteiger partial charge in [0.1, 0.15) is 5.82 Å². The molecule has 1 unspecified atom stereocenters. The molecule has 29 heavy (non-hydrogen) atoms. The van der Waals surface area contributed by atoms with E-state index in [1.54, 1.807) is 5.32 Å². The Bertz CT molecular complexity index is 908. The van der Waals surface area contributed by atoms with Crippen LogP contribution in [0.2, 0.25) is 0 Å². The van der Waals surface area contributed by atoms with Gasteiger partial charge in [0.25, 0.3) is 5.91 Å². The maximum absolute atomic E-state index is 14.1. The van der Waals surface area contributed by atoms with E-state index in [1.807, 2.05) is 5.32 Å². The van der Waals surface area contributed by atoms with Crippen LogP contribution >= 0.6 is 11.3 Å². The SMILES string of the molecule is COC(=O)C(NC(=O)c1cccc(F)c1)(Nc1nc2c(s1)CCCC2)C(F)(F)F. The molecule has 6 nitrogen and oxygen atoms in total. The van der Waals surface area contributed by atoms with Gasteiger partial charge in [0.05, 0.1) is 12.8 Å². The first-order valence-corrected chi connectivity index (χ1v) is 9.48. The number of ether oxygens (including phenoxy) is 1. The fourth-order valence-electron chi connectivity index (χ4n) is 2.98. The zero-order chi connectivity index (χ0) is 21.2. The number of hydrogen-bond acceptors (Lipinski definition) is 6. The minimum absolute atomic E-state index is 0.167. The molecule has 2 N–H and O–H groups in total. The highest BCUT2D eigenvalue weighted by Crippen LogP contribution is 2.36. The monoisotopic (exact) mass is 431 g/mol. The largest absolute Gasteiger partial charge is 0.466 e. The molecular formula is C18H17F4N3O3S. The van der Waals surface area contributed by atoms with Gasteiger partial charge in [0, 0.05) is 10.4 Å². The summed E-state index contributed by atoms with van der Waals surface area (Å²) in [5.41, 5.74) is -3.31. The summed E-state index contributed by atoms with van der Waals surface area (Å²) in [5.74, 6) is -3.89. The summed E-state index contributed by atoms with van der Waals surface area (Å²) in [6.07, 6.45) is -2.21. The van der Waals surface area contributed by atoms with Gasteiger partial charge in [-0.15, -0.1) is 11.3 Å². The fourth-order valence-corrected chi connectivity index (χ4v) is 4.09. The Morgan fingerprint density at radius 2 is 1.93 bits per heavy atom. The maximum Gasteiger partial charge on any atom is 0.442 e. The Kier molecular flexibility index (Phi) is 5.78. The molecule has 1 amide bonds. The fraction of sp³-hybridized carbons (Fsp3) is 0.389. The number of nitrogens with zero attached hydrogens (tertiary/aromatic N) is 1. The highest BCUT2D eigenvalue weighted by Gasteiger charge is 2.64. The lowest BCUT2D eigenvalue weighted by molar-refractivity contribution is -0.203. The number of nitrogens with one attached hydrogen (secondary N) is 2. The van der Waals surface area contributed by atoms with Gasteiger partial charge in [-0.25, -0.2) is 14.2 Å². The average Bonchev–Trinajstić information content (AvgIpc) is 3.08. The Labute approximate surface area is 167 Å². The van der Waals surface area contributed by atoms with Gasteiger partial charge >= 0.3 is 17.8 Å². The van der Waals surface area contributed by atoms with Gasteiger partial charge in [-0.05, 0) is 43.9 Å². The van der Waals surface area contributed by atoms with E-state index in [2.05, 4.69) is 9.72 Å². The zero-order valence-corrected chi connectivity index (χ0v) is 16.0. The number of carbonyl (C=O) groups excluding carboxylic acids is 2. The first-order chi connectivity index (χ1) is 13.7. The van der Waals surface area contributed by atoms with Gasteiger partial charge in [-0.2, -0.15) is 13.2 Å². The zero-order valence-electron chi connectivity index (χ0n) is 15.2. The van der Waals surface area contributed by atoms with E-state index < -0.39 is 29.5 Å². The molecule has 1 aromatic carbocycles. The second-order valence-electron chi connectivity index (χ2n) is 6.42. The van der Waals surface area contributed by atoms with E-state index in [-0.39, 0.29) is 10.7 Å². The number of aromatic nitrogens is 1. The second kappa shape index (κ2) is 7.97. The predicted molar refractivity (Wildman–Crippen MR) is 97.0 cm³/mol. The molecule has 0 saturated heterocycles. The lowest BCUT2D eigenvalue weighted by Gasteiger charge is -2.34. The molecule has 1 heterocycles. The van der Waals surface area contributed by atoms with Crippen molar-refractivity contribution in [2.24, 2.45) is 0 Å². The highest BCUT2D eigenvalue weighted by molar-refractivity contribution is 7.15. The third kappa shape index (κ3) is 4.19. The number of anilines is 1. The van der Waals surface area contributed by atoms with Gasteiger partial charge < -0.3 is 15.4 Å². The molecular weight excluding hydrogens is 414 g/mol. The molecule has 0 fully saturated rings. The molecule has 1 aliphatic rings. The van der Waals surface area contributed by atoms with Crippen molar-refractivity contribution in [1.82, 2.24) is 10.3 Å². The summed E-state index contributed by atoms with van der Waals surface area (Å²) in [7, 11) is 0.770. The Balaban J connectivity index is 2.00. The van der Waals surface area contributed by atoms with Crippen molar-refractivity contribution in [3.63, 3.8) is 0 Å². The number of fused-ring (bicyclic) bond motifs is 1. The maximum atomic E-state index is 14.1. The van der Waals surface area contributed by atoms with Crippen LogP contribution in [0.3, 0.4) is 0 Å². The number of benzene rings is 1. The Morgan fingerprint density at radius 1 is 1.21 bits per heavy atom. The standard InChI is InChI=1S/C18H17F4N3O3S/c1-28-15(27)17(18(20,21)22,24-14(26)10-5-4-6-11(19)9-10)25-16-23-12-7-2-3-8-13(12)29-16/h4-6,9H,2-3,7-8H2,1H3,(H,23,25)(H,24,26). The van der Waals surface area contributed by atoms with E-state index in [1.165, 1.54) is 6.07 Å². The number of rotatable bonds is 5. The first-order valence-electron chi connectivity index (χ1n) is 8.66. The number of hydrogen-bond donors (Lipinski definition) is 2. The topological polar surface area (TPSA) is 80.3 Å². The Morgan fingerprint density at radius 3 is 2.55 bits per heavy atom. The van der Waals surface area contributed by atoms with Crippen LogP contribution in [0.1, 0.15) is 33.8 Å². The summed E-state index contributed by atoms with van der Waals surface area (Å²) in [5, 5.41) is 3.51. The summed E-state index contributed by atoms with van der Waals surface area (Å²) < 4.78 is 59.9. The molecule has 3 rings (SSSR count).